The highest BCUT2D eigenvalue weighted by Crippen LogP contribution is 2.41. The van der Waals surface area contributed by atoms with E-state index >= 15 is 0 Å². The Labute approximate surface area is 149 Å². The van der Waals surface area contributed by atoms with Gasteiger partial charge in [-0.2, -0.15) is 13.2 Å². The van der Waals surface area contributed by atoms with E-state index in [1.807, 2.05) is 13.8 Å². The third-order valence-corrected chi connectivity index (χ3v) is 5.45. The summed E-state index contributed by atoms with van der Waals surface area (Å²) in [6.45, 7) is 3.63. The molecule has 0 bridgehead atoms. The molecular weight excluding hydrogens is 355 g/mol. The fraction of sp³-hybridized carbons (Fsp3) is 0.647. The lowest BCUT2D eigenvalue weighted by Gasteiger charge is -2.34. The highest BCUT2D eigenvalue weighted by molar-refractivity contribution is 7.12. The Kier molecular flexibility index (Phi) is 6.13. The van der Waals surface area contributed by atoms with Gasteiger partial charge in [0.15, 0.2) is 0 Å². The predicted octanol–water partition coefficient (Wildman–Crippen LogP) is 4.64. The monoisotopic (exact) mass is 377 g/mol. The Morgan fingerprint density at radius 2 is 1.84 bits per heavy atom. The van der Waals surface area contributed by atoms with Gasteiger partial charge >= 0.3 is 12.1 Å². The van der Waals surface area contributed by atoms with Crippen LogP contribution >= 0.6 is 11.3 Å². The predicted molar refractivity (Wildman–Crippen MR) is 89.8 cm³/mol. The summed E-state index contributed by atoms with van der Waals surface area (Å²) in [5, 5.41) is 1.70. The second-order valence-corrected chi connectivity index (χ2v) is 7.43. The second-order valence-electron chi connectivity index (χ2n) is 6.52. The molecule has 2 rings (SSSR count). The highest BCUT2D eigenvalue weighted by Gasteiger charge is 2.43. The zero-order valence-corrected chi connectivity index (χ0v) is 15.2. The Bertz CT molecular complexity index is 619. The second kappa shape index (κ2) is 7.76. The molecule has 25 heavy (non-hydrogen) atoms. The normalized spacial score (nSPS) is 21.2. The fourth-order valence-electron chi connectivity index (χ4n) is 3.25. The van der Waals surface area contributed by atoms with Crippen LogP contribution in [0.15, 0.2) is 11.4 Å². The number of alkyl halides is 3. The van der Waals surface area contributed by atoms with Crippen molar-refractivity contribution in [1.82, 2.24) is 0 Å². The lowest BCUT2D eigenvalue weighted by molar-refractivity contribution is -0.184. The number of esters is 1. The highest BCUT2D eigenvalue weighted by atomic mass is 32.1. The summed E-state index contributed by atoms with van der Waals surface area (Å²) in [6, 6.07) is 1.46. The van der Waals surface area contributed by atoms with E-state index in [0.717, 1.165) is 0 Å². The summed E-state index contributed by atoms with van der Waals surface area (Å²) >= 11 is 1.18. The number of amides is 1. The van der Waals surface area contributed by atoms with Crippen LogP contribution in [0.4, 0.5) is 18.9 Å². The van der Waals surface area contributed by atoms with Crippen LogP contribution in [0.2, 0.25) is 0 Å². The summed E-state index contributed by atoms with van der Waals surface area (Å²) < 4.78 is 43.2. The van der Waals surface area contributed by atoms with E-state index in [-0.39, 0.29) is 37.6 Å². The molecule has 0 saturated heterocycles. The lowest BCUT2D eigenvalue weighted by Crippen LogP contribution is -2.43. The lowest BCUT2D eigenvalue weighted by atomic mass is 9.81. The van der Waals surface area contributed by atoms with Crippen LogP contribution in [-0.2, 0) is 9.53 Å². The van der Waals surface area contributed by atoms with Gasteiger partial charge in [-0.3, -0.25) is 4.79 Å². The molecule has 4 nitrogen and oxygen atoms in total. The number of rotatable bonds is 4. The van der Waals surface area contributed by atoms with Gasteiger partial charge in [-0.1, -0.05) is 0 Å². The number of ether oxygens (including phenoxy) is 1. The van der Waals surface area contributed by atoms with Crippen molar-refractivity contribution < 1.29 is 27.5 Å². The van der Waals surface area contributed by atoms with Crippen LogP contribution in [0.3, 0.4) is 0 Å². The summed E-state index contributed by atoms with van der Waals surface area (Å²) in [6.07, 6.45) is -3.83. The molecule has 1 amide bonds. The maximum Gasteiger partial charge on any atom is 0.391 e. The molecule has 1 aromatic heterocycles. The van der Waals surface area contributed by atoms with Crippen LogP contribution in [0.5, 0.6) is 0 Å². The molecule has 0 unspecified atom stereocenters. The average molecular weight is 377 g/mol. The van der Waals surface area contributed by atoms with E-state index in [2.05, 4.69) is 0 Å². The quantitative estimate of drug-likeness (QED) is 0.718. The molecule has 1 aliphatic carbocycles. The Balaban J connectivity index is 2.18. The van der Waals surface area contributed by atoms with Crippen molar-refractivity contribution in [2.45, 2.75) is 51.7 Å². The standard InChI is InChI=1S/C17H22F3NO3S/c1-10(2)21(13-8-9-25-14(13)16(23)24-3)15(22)11-4-6-12(7-5-11)17(18,19)20/h8-12H,4-7H2,1-3H3/t11-,12-. The Hall–Kier alpha value is -1.57. The number of thiophene rings is 1. The fourth-order valence-corrected chi connectivity index (χ4v) is 4.05. The van der Waals surface area contributed by atoms with Gasteiger partial charge < -0.3 is 9.64 Å². The first kappa shape index (κ1) is 19.8. The van der Waals surface area contributed by atoms with E-state index in [0.29, 0.717) is 10.6 Å². The van der Waals surface area contributed by atoms with E-state index in [4.69, 9.17) is 4.74 Å². The summed E-state index contributed by atoms with van der Waals surface area (Å²) in [7, 11) is 1.27. The minimum Gasteiger partial charge on any atom is -0.465 e. The number of hydrogen-bond acceptors (Lipinski definition) is 4. The number of nitrogens with zero attached hydrogens (tertiary/aromatic N) is 1. The summed E-state index contributed by atoms with van der Waals surface area (Å²) in [5.74, 6) is -2.52. The van der Waals surface area contributed by atoms with Crippen molar-refractivity contribution >= 4 is 28.9 Å². The number of hydrogen-bond donors (Lipinski definition) is 0. The van der Waals surface area contributed by atoms with Gasteiger partial charge in [0.05, 0.1) is 18.7 Å². The Morgan fingerprint density at radius 3 is 2.32 bits per heavy atom. The summed E-state index contributed by atoms with van der Waals surface area (Å²) in [4.78, 5) is 26.7. The molecule has 1 saturated carbocycles. The third-order valence-electron chi connectivity index (χ3n) is 4.57. The summed E-state index contributed by atoms with van der Waals surface area (Å²) in [5.41, 5.74) is 0.467. The van der Waals surface area contributed by atoms with Crippen molar-refractivity contribution in [3.63, 3.8) is 0 Å². The van der Waals surface area contributed by atoms with Gasteiger partial charge in [-0.15, -0.1) is 11.3 Å². The minimum atomic E-state index is -4.20. The topological polar surface area (TPSA) is 46.6 Å². The van der Waals surface area contributed by atoms with Crippen LogP contribution in [-0.4, -0.2) is 31.2 Å². The van der Waals surface area contributed by atoms with Crippen molar-refractivity contribution in [3.05, 3.63) is 16.3 Å². The molecule has 0 aromatic carbocycles. The van der Waals surface area contributed by atoms with Crippen molar-refractivity contribution in [1.29, 1.82) is 0 Å². The molecule has 0 aliphatic heterocycles. The molecular formula is C17H22F3NO3S. The van der Waals surface area contributed by atoms with Gasteiger partial charge in [0.2, 0.25) is 5.91 Å². The van der Waals surface area contributed by atoms with Crippen LogP contribution < -0.4 is 4.90 Å². The number of anilines is 1. The SMILES string of the molecule is COC(=O)c1sccc1N(C(=O)[C@H]1CC[C@H](C(F)(F)F)CC1)C(C)C. The molecule has 1 aliphatic rings. The number of halogens is 3. The number of carbonyl (C=O) groups is 2. The molecule has 0 radical (unpaired) electrons. The van der Waals surface area contributed by atoms with E-state index in [1.54, 1.807) is 11.4 Å². The van der Waals surface area contributed by atoms with Crippen LogP contribution in [0.1, 0.15) is 49.2 Å². The molecule has 8 heteroatoms. The number of methoxy groups -OCH3 is 1. The van der Waals surface area contributed by atoms with Crippen molar-refractivity contribution in [2.75, 3.05) is 12.0 Å². The Morgan fingerprint density at radius 1 is 1.24 bits per heavy atom. The first-order chi connectivity index (χ1) is 11.7. The zero-order chi connectivity index (χ0) is 18.8. The molecule has 140 valence electrons. The van der Waals surface area contributed by atoms with Crippen LogP contribution in [0, 0.1) is 11.8 Å². The van der Waals surface area contributed by atoms with Gasteiger partial charge in [-0.25, -0.2) is 4.79 Å². The molecule has 1 fully saturated rings. The van der Waals surface area contributed by atoms with E-state index < -0.39 is 24.0 Å². The molecule has 0 atom stereocenters. The average Bonchev–Trinajstić information content (AvgIpc) is 3.02. The maximum absolute atomic E-state index is 13.0. The van der Waals surface area contributed by atoms with Crippen LogP contribution in [0.25, 0.3) is 0 Å². The van der Waals surface area contributed by atoms with Gasteiger partial charge in [0.1, 0.15) is 4.88 Å². The van der Waals surface area contributed by atoms with Crippen molar-refractivity contribution in [2.24, 2.45) is 11.8 Å². The maximum atomic E-state index is 13.0. The smallest absolute Gasteiger partial charge is 0.391 e. The minimum absolute atomic E-state index is 0.0284. The van der Waals surface area contributed by atoms with Crippen molar-refractivity contribution in [3.8, 4) is 0 Å². The molecule has 0 N–H and O–H groups in total. The molecule has 0 spiro atoms. The van der Waals surface area contributed by atoms with E-state index in [1.165, 1.54) is 23.3 Å². The zero-order valence-electron chi connectivity index (χ0n) is 14.4. The van der Waals surface area contributed by atoms with E-state index in [9.17, 15) is 22.8 Å². The van der Waals surface area contributed by atoms with Gasteiger partial charge in [0.25, 0.3) is 0 Å². The number of carbonyl (C=O) groups excluding carboxylic acids is 2. The van der Waals surface area contributed by atoms with Gasteiger partial charge in [0, 0.05) is 12.0 Å². The van der Waals surface area contributed by atoms with Gasteiger partial charge in [-0.05, 0) is 51.0 Å². The third kappa shape index (κ3) is 4.34. The first-order valence-corrected chi connectivity index (χ1v) is 9.10. The molecule has 1 heterocycles. The first-order valence-electron chi connectivity index (χ1n) is 8.22. The molecule has 1 aromatic rings. The largest absolute Gasteiger partial charge is 0.465 e.